The third-order valence-corrected chi connectivity index (χ3v) is 2.78. The van der Waals surface area contributed by atoms with Crippen LogP contribution in [0.25, 0.3) is 10.7 Å². The van der Waals surface area contributed by atoms with Crippen molar-refractivity contribution in [1.82, 2.24) is 9.97 Å². The number of thiazole rings is 1. The minimum Gasteiger partial charge on any atom is -0.476 e. The molecular formula is C10H8N2O2S. The summed E-state index contributed by atoms with van der Waals surface area (Å²) in [6, 6.07) is 3.76. The number of aromatic carboxylic acids is 1. The van der Waals surface area contributed by atoms with Crippen LogP contribution in [0.5, 0.6) is 0 Å². The Labute approximate surface area is 90.3 Å². The lowest BCUT2D eigenvalue weighted by Gasteiger charge is -1.98. The first kappa shape index (κ1) is 9.79. The first-order valence-corrected chi connectivity index (χ1v) is 5.17. The van der Waals surface area contributed by atoms with E-state index in [2.05, 4.69) is 9.97 Å². The van der Waals surface area contributed by atoms with Gasteiger partial charge >= 0.3 is 5.97 Å². The van der Waals surface area contributed by atoms with Crippen molar-refractivity contribution in [2.75, 3.05) is 0 Å². The van der Waals surface area contributed by atoms with E-state index >= 15 is 0 Å². The molecule has 0 aliphatic heterocycles. The molecule has 2 rings (SSSR count). The number of aryl methyl sites for hydroxylation is 1. The standard InChI is InChI=1S/C10H8N2O2S/c1-6-3-2-4-11-8(6)9-12-7(5-15-9)10(13)14/h2-5H,1H3,(H,13,14). The van der Waals surface area contributed by atoms with Gasteiger partial charge in [0.25, 0.3) is 0 Å². The molecule has 0 atom stereocenters. The van der Waals surface area contributed by atoms with E-state index in [1.54, 1.807) is 6.20 Å². The zero-order valence-electron chi connectivity index (χ0n) is 7.97. The summed E-state index contributed by atoms with van der Waals surface area (Å²) in [5, 5.41) is 10.9. The quantitative estimate of drug-likeness (QED) is 0.842. The molecule has 0 saturated carbocycles. The molecule has 0 aromatic carbocycles. The van der Waals surface area contributed by atoms with E-state index in [-0.39, 0.29) is 5.69 Å². The zero-order valence-corrected chi connectivity index (χ0v) is 8.78. The lowest BCUT2D eigenvalue weighted by atomic mass is 10.2. The van der Waals surface area contributed by atoms with E-state index in [4.69, 9.17) is 5.11 Å². The highest BCUT2D eigenvalue weighted by molar-refractivity contribution is 7.13. The number of pyridine rings is 1. The van der Waals surface area contributed by atoms with Crippen LogP contribution in [-0.4, -0.2) is 21.0 Å². The van der Waals surface area contributed by atoms with Gasteiger partial charge in [0.15, 0.2) is 5.69 Å². The van der Waals surface area contributed by atoms with Crippen molar-refractivity contribution in [2.45, 2.75) is 6.92 Å². The van der Waals surface area contributed by atoms with E-state index in [9.17, 15) is 4.79 Å². The van der Waals surface area contributed by atoms with E-state index in [0.29, 0.717) is 5.01 Å². The number of nitrogens with zero attached hydrogens (tertiary/aromatic N) is 2. The molecule has 0 fully saturated rings. The maximum Gasteiger partial charge on any atom is 0.355 e. The van der Waals surface area contributed by atoms with Crippen LogP contribution in [0.1, 0.15) is 16.1 Å². The van der Waals surface area contributed by atoms with Crippen molar-refractivity contribution in [3.8, 4) is 10.7 Å². The average molecular weight is 220 g/mol. The molecule has 0 radical (unpaired) electrons. The van der Waals surface area contributed by atoms with Crippen molar-refractivity contribution in [1.29, 1.82) is 0 Å². The van der Waals surface area contributed by atoms with Crippen LogP contribution in [0.15, 0.2) is 23.7 Å². The molecule has 76 valence electrons. The molecule has 0 unspecified atom stereocenters. The largest absolute Gasteiger partial charge is 0.476 e. The summed E-state index contributed by atoms with van der Waals surface area (Å²) in [6.45, 7) is 1.92. The summed E-state index contributed by atoms with van der Waals surface area (Å²) in [7, 11) is 0. The Morgan fingerprint density at radius 1 is 1.53 bits per heavy atom. The second-order valence-electron chi connectivity index (χ2n) is 3.01. The van der Waals surface area contributed by atoms with Crippen LogP contribution in [0, 0.1) is 6.92 Å². The van der Waals surface area contributed by atoms with Gasteiger partial charge in [-0.1, -0.05) is 6.07 Å². The Kier molecular flexibility index (Phi) is 2.47. The van der Waals surface area contributed by atoms with Gasteiger partial charge in [0.05, 0.1) is 0 Å². The van der Waals surface area contributed by atoms with Gasteiger partial charge in [0.2, 0.25) is 0 Å². The number of hydrogen-bond donors (Lipinski definition) is 1. The van der Waals surface area contributed by atoms with Gasteiger partial charge in [-0.3, -0.25) is 4.98 Å². The van der Waals surface area contributed by atoms with E-state index in [0.717, 1.165) is 11.3 Å². The topological polar surface area (TPSA) is 63.1 Å². The number of carboxylic acids is 1. The van der Waals surface area contributed by atoms with E-state index in [1.165, 1.54) is 16.7 Å². The van der Waals surface area contributed by atoms with Crippen molar-refractivity contribution in [3.63, 3.8) is 0 Å². The molecule has 1 N–H and O–H groups in total. The number of carboxylic acid groups (broad SMARTS) is 1. The smallest absolute Gasteiger partial charge is 0.355 e. The maximum absolute atomic E-state index is 10.7. The van der Waals surface area contributed by atoms with Crippen LogP contribution in [0.3, 0.4) is 0 Å². The highest BCUT2D eigenvalue weighted by Crippen LogP contribution is 2.24. The zero-order chi connectivity index (χ0) is 10.8. The third kappa shape index (κ3) is 1.87. The second kappa shape index (κ2) is 3.78. The van der Waals surface area contributed by atoms with Crippen LogP contribution >= 0.6 is 11.3 Å². The SMILES string of the molecule is Cc1cccnc1-c1nc(C(=O)O)cs1. The van der Waals surface area contributed by atoms with E-state index < -0.39 is 5.97 Å². The molecule has 0 spiro atoms. The highest BCUT2D eigenvalue weighted by atomic mass is 32.1. The summed E-state index contributed by atoms with van der Waals surface area (Å²) < 4.78 is 0. The normalized spacial score (nSPS) is 10.2. The molecule has 4 nitrogen and oxygen atoms in total. The lowest BCUT2D eigenvalue weighted by Crippen LogP contribution is -1.96. The Morgan fingerprint density at radius 3 is 2.93 bits per heavy atom. The highest BCUT2D eigenvalue weighted by Gasteiger charge is 2.11. The minimum atomic E-state index is -1.01. The average Bonchev–Trinajstić information content (AvgIpc) is 2.67. The molecule has 2 heterocycles. The Balaban J connectivity index is 2.46. The summed E-state index contributed by atoms with van der Waals surface area (Å²) in [6.07, 6.45) is 1.67. The van der Waals surface area contributed by atoms with Gasteiger partial charge in [0.1, 0.15) is 10.7 Å². The number of aromatic nitrogens is 2. The summed E-state index contributed by atoms with van der Waals surface area (Å²) in [4.78, 5) is 18.8. The summed E-state index contributed by atoms with van der Waals surface area (Å²) >= 11 is 1.29. The fourth-order valence-electron chi connectivity index (χ4n) is 1.19. The molecule has 0 aliphatic rings. The van der Waals surface area contributed by atoms with Gasteiger partial charge in [0, 0.05) is 11.6 Å². The monoisotopic (exact) mass is 220 g/mol. The van der Waals surface area contributed by atoms with Crippen LogP contribution in [0.4, 0.5) is 0 Å². The first-order chi connectivity index (χ1) is 7.18. The van der Waals surface area contributed by atoms with Crippen molar-refractivity contribution in [3.05, 3.63) is 35.0 Å². The Morgan fingerprint density at radius 2 is 2.33 bits per heavy atom. The van der Waals surface area contributed by atoms with Gasteiger partial charge in [-0.2, -0.15) is 0 Å². The molecule has 0 bridgehead atoms. The van der Waals surface area contributed by atoms with Gasteiger partial charge < -0.3 is 5.11 Å². The maximum atomic E-state index is 10.7. The third-order valence-electron chi connectivity index (χ3n) is 1.94. The molecule has 0 aliphatic carbocycles. The van der Waals surface area contributed by atoms with Crippen LogP contribution in [-0.2, 0) is 0 Å². The first-order valence-electron chi connectivity index (χ1n) is 4.29. The summed E-state index contributed by atoms with van der Waals surface area (Å²) in [5.74, 6) is -1.01. The Hall–Kier alpha value is -1.75. The van der Waals surface area contributed by atoms with Crippen LogP contribution in [0.2, 0.25) is 0 Å². The van der Waals surface area contributed by atoms with Crippen molar-refractivity contribution in [2.24, 2.45) is 0 Å². The Bertz CT molecular complexity index is 508. The lowest BCUT2D eigenvalue weighted by molar-refractivity contribution is 0.0691. The van der Waals surface area contributed by atoms with Gasteiger partial charge in [-0.25, -0.2) is 9.78 Å². The van der Waals surface area contributed by atoms with Crippen molar-refractivity contribution >= 4 is 17.3 Å². The molecule has 2 aromatic rings. The van der Waals surface area contributed by atoms with Gasteiger partial charge in [-0.15, -0.1) is 11.3 Å². The van der Waals surface area contributed by atoms with Crippen molar-refractivity contribution < 1.29 is 9.90 Å². The fourth-order valence-corrected chi connectivity index (χ4v) is 2.04. The minimum absolute atomic E-state index is 0.0695. The molecule has 0 amide bonds. The summed E-state index contributed by atoms with van der Waals surface area (Å²) in [5.41, 5.74) is 1.80. The predicted octanol–water partition coefficient (Wildman–Crippen LogP) is 2.21. The van der Waals surface area contributed by atoms with Gasteiger partial charge in [-0.05, 0) is 18.6 Å². The second-order valence-corrected chi connectivity index (χ2v) is 3.87. The number of carbonyl (C=O) groups is 1. The fraction of sp³-hybridized carbons (Fsp3) is 0.100. The number of rotatable bonds is 2. The van der Waals surface area contributed by atoms with Crippen LogP contribution < -0.4 is 0 Å². The number of hydrogen-bond acceptors (Lipinski definition) is 4. The molecule has 0 saturated heterocycles. The molecular weight excluding hydrogens is 212 g/mol. The molecule has 5 heteroatoms. The molecule has 15 heavy (non-hydrogen) atoms. The predicted molar refractivity (Wildman–Crippen MR) is 57.0 cm³/mol. The molecule has 2 aromatic heterocycles. The van der Waals surface area contributed by atoms with E-state index in [1.807, 2.05) is 19.1 Å².